The van der Waals surface area contributed by atoms with Crippen molar-refractivity contribution in [2.45, 2.75) is 43.9 Å². The van der Waals surface area contributed by atoms with Gasteiger partial charge in [-0.05, 0) is 31.2 Å². The van der Waals surface area contributed by atoms with Gasteiger partial charge in [0.15, 0.2) is 0 Å². The first-order chi connectivity index (χ1) is 10.0. The van der Waals surface area contributed by atoms with Gasteiger partial charge in [0.2, 0.25) is 0 Å². The predicted molar refractivity (Wildman–Crippen MR) is 74.6 cm³/mol. The Morgan fingerprint density at radius 2 is 1.86 bits per heavy atom. The molecule has 0 radical (unpaired) electrons. The lowest BCUT2D eigenvalue weighted by Crippen LogP contribution is -2.57. The van der Waals surface area contributed by atoms with E-state index in [0.717, 1.165) is 5.56 Å². The summed E-state index contributed by atoms with van der Waals surface area (Å²) in [6.45, 7) is 0.0883. The van der Waals surface area contributed by atoms with Gasteiger partial charge in [0, 0.05) is 0 Å². The molecule has 0 bridgehead atoms. The highest BCUT2D eigenvalue weighted by atomic mass is 16.5. The number of nitrogens with one attached hydrogen (secondary N) is 1. The van der Waals surface area contributed by atoms with Crippen LogP contribution in [0.4, 0.5) is 4.79 Å². The first-order valence-electron chi connectivity index (χ1n) is 6.92. The summed E-state index contributed by atoms with van der Waals surface area (Å²) in [5.74, 6) is -1.09. The molecule has 2 rings (SSSR count). The molecule has 0 atom stereocenters. The van der Waals surface area contributed by atoms with Crippen molar-refractivity contribution in [2.75, 3.05) is 0 Å². The zero-order valence-corrected chi connectivity index (χ0v) is 11.6. The van der Waals surface area contributed by atoms with Gasteiger partial charge >= 0.3 is 12.1 Å². The van der Waals surface area contributed by atoms with Crippen molar-refractivity contribution < 1.29 is 24.5 Å². The molecule has 1 aliphatic carbocycles. The molecule has 1 fully saturated rings. The molecule has 0 unspecified atom stereocenters. The Labute approximate surface area is 122 Å². The topological polar surface area (TPSA) is 95.9 Å². The number of carbonyl (C=O) groups is 2. The van der Waals surface area contributed by atoms with E-state index in [1.54, 1.807) is 0 Å². The van der Waals surface area contributed by atoms with E-state index in [-0.39, 0.29) is 19.4 Å². The summed E-state index contributed by atoms with van der Waals surface area (Å²) in [5, 5.41) is 21.3. The molecular formula is C15H19NO5. The second-order valence-electron chi connectivity index (χ2n) is 5.31. The highest BCUT2D eigenvalue weighted by Gasteiger charge is 2.43. The van der Waals surface area contributed by atoms with Crippen LogP contribution in [0.2, 0.25) is 0 Å². The lowest BCUT2D eigenvalue weighted by Gasteiger charge is -2.35. The number of alkyl carbamates (subject to hydrolysis) is 1. The van der Waals surface area contributed by atoms with Gasteiger partial charge in [-0.15, -0.1) is 0 Å². The van der Waals surface area contributed by atoms with E-state index in [0.29, 0.717) is 12.8 Å². The van der Waals surface area contributed by atoms with Crippen molar-refractivity contribution in [1.29, 1.82) is 0 Å². The summed E-state index contributed by atoms with van der Waals surface area (Å²) < 4.78 is 5.06. The fraction of sp³-hybridized carbons (Fsp3) is 0.467. The average Bonchev–Trinajstić information content (AvgIpc) is 2.48. The summed E-state index contributed by atoms with van der Waals surface area (Å²) in [6.07, 6.45) is -0.151. The Morgan fingerprint density at radius 1 is 1.24 bits per heavy atom. The van der Waals surface area contributed by atoms with E-state index >= 15 is 0 Å². The van der Waals surface area contributed by atoms with Gasteiger partial charge in [0.25, 0.3) is 0 Å². The smallest absolute Gasteiger partial charge is 0.408 e. The van der Waals surface area contributed by atoms with Crippen molar-refractivity contribution in [3.05, 3.63) is 35.9 Å². The van der Waals surface area contributed by atoms with E-state index in [4.69, 9.17) is 4.74 Å². The van der Waals surface area contributed by atoms with E-state index < -0.39 is 23.7 Å². The van der Waals surface area contributed by atoms with E-state index in [1.165, 1.54) is 0 Å². The number of aliphatic carboxylic acids is 1. The minimum atomic E-state index is -1.34. The summed E-state index contributed by atoms with van der Waals surface area (Å²) >= 11 is 0. The molecule has 3 N–H and O–H groups in total. The first-order valence-corrected chi connectivity index (χ1v) is 6.92. The molecule has 6 heteroatoms. The standard InChI is InChI=1S/C15H19NO5/c17-12-6-8-15(9-7-12,13(18)19)16-14(20)21-10-11-4-2-1-3-5-11/h1-5,12,17H,6-10H2,(H,16,20)(H,18,19). The molecule has 0 heterocycles. The number of aliphatic hydroxyl groups is 1. The highest BCUT2D eigenvalue weighted by molar-refractivity contribution is 5.84. The van der Waals surface area contributed by atoms with Crippen LogP contribution in [-0.2, 0) is 16.1 Å². The molecule has 0 aromatic heterocycles. The molecule has 1 aliphatic rings. The Balaban J connectivity index is 1.91. The summed E-state index contributed by atoms with van der Waals surface area (Å²) in [7, 11) is 0. The molecule has 0 spiro atoms. The number of benzene rings is 1. The van der Waals surface area contributed by atoms with Crippen molar-refractivity contribution in [1.82, 2.24) is 5.32 Å². The van der Waals surface area contributed by atoms with Gasteiger partial charge in [-0.1, -0.05) is 30.3 Å². The first kappa shape index (κ1) is 15.3. The Bertz CT molecular complexity index is 494. The third-order valence-electron chi connectivity index (χ3n) is 3.77. The maximum absolute atomic E-state index is 11.8. The third-order valence-corrected chi connectivity index (χ3v) is 3.77. The molecule has 1 saturated carbocycles. The molecule has 114 valence electrons. The maximum Gasteiger partial charge on any atom is 0.408 e. The van der Waals surface area contributed by atoms with Crippen molar-refractivity contribution in [3.8, 4) is 0 Å². The molecule has 1 amide bonds. The minimum absolute atomic E-state index is 0.0883. The molecule has 0 saturated heterocycles. The fourth-order valence-corrected chi connectivity index (χ4v) is 2.44. The van der Waals surface area contributed by atoms with Crippen LogP contribution in [0, 0.1) is 0 Å². The number of ether oxygens (including phenoxy) is 1. The van der Waals surface area contributed by atoms with Gasteiger partial charge in [0.1, 0.15) is 12.1 Å². The van der Waals surface area contributed by atoms with Gasteiger partial charge in [-0.2, -0.15) is 0 Å². The fourth-order valence-electron chi connectivity index (χ4n) is 2.44. The van der Waals surface area contributed by atoms with Crippen LogP contribution in [0.1, 0.15) is 31.2 Å². The summed E-state index contributed by atoms with van der Waals surface area (Å²) in [5.41, 5.74) is -0.511. The second-order valence-corrected chi connectivity index (χ2v) is 5.31. The summed E-state index contributed by atoms with van der Waals surface area (Å²) in [4.78, 5) is 23.3. The SMILES string of the molecule is O=C(NC1(C(=O)O)CCC(O)CC1)OCc1ccccc1. The van der Waals surface area contributed by atoms with Crippen LogP contribution < -0.4 is 5.32 Å². The Morgan fingerprint density at radius 3 is 2.43 bits per heavy atom. The molecule has 1 aromatic rings. The van der Waals surface area contributed by atoms with Crippen molar-refractivity contribution in [3.63, 3.8) is 0 Å². The normalized spacial score (nSPS) is 25.1. The van der Waals surface area contributed by atoms with Crippen LogP contribution in [0.3, 0.4) is 0 Å². The lowest BCUT2D eigenvalue weighted by atomic mass is 9.80. The monoisotopic (exact) mass is 293 g/mol. The lowest BCUT2D eigenvalue weighted by molar-refractivity contribution is -0.147. The van der Waals surface area contributed by atoms with Crippen molar-refractivity contribution >= 4 is 12.1 Å². The van der Waals surface area contributed by atoms with Crippen LogP contribution in [-0.4, -0.2) is 33.9 Å². The second kappa shape index (κ2) is 6.58. The van der Waals surface area contributed by atoms with Gasteiger partial charge in [0.05, 0.1) is 6.10 Å². The van der Waals surface area contributed by atoms with E-state index in [9.17, 15) is 19.8 Å². The average molecular weight is 293 g/mol. The predicted octanol–water partition coefficient (Wildman–Crippen LogP) is 1.67. The van der Waals surface area contributed by atoms with Crippen molar-refractivity contribution in [2.24, 2.45) is 0 Å². The Hall–Kier alpha value is -2.08. The third kappa shape index (κ3) is 3.95. The number of carboxylic acids is 1. The number of rotatable bonds is 4. The number of carbonyl (C=O) groups excluding carboxylic acids is 1. The van der Waals surface area contributed by atoms with Gasteiger partial charge in [-0.25, -0.2) is 9.59 Å². The molecular weight excluding hydrogens is 274 g/mol. The summed E-state index contributed by atoms with van der Waals surface area (Å²) in [6, 6.07) is 9.15. The number of aliphatic hydroxyl groups excluding tert-OH is 1. The van der Waals surface area contributed by atoms with Gasteiger partial charge < -0.3 is 20.3 Å². The quantitative estimate of drug-likeness (QED) is 0.784. The van der Waals surface area contributed by atoms with Crippen LogP contribution in [0.15, 0.2) is 30.3 Å². The van der Waals surface area contributed by atoms with E-state index in [1.807, 2.05) is 30.3 Å². The number of amides is 1. The zero-order chi connectivity index (χ0) is 15.3. The number of hydrogen-bond acceptors (Lipinski definition) is 4. The Kier molecular flexibility index (Phi) is 4.80. The van der Waals surface area contributed by atoms with Crippen LogP contribution in [0.5, 0.6) is 0 Å². The highest BCUT2D eigenvalue weighted by Crippen LogP contribution is 2.29. The maximum atomic E-state index is 11.8. The van der Waals surface area contributed by atoms with Crippen LogP contribution >= 0.6 is 0 Å². The van der Waals surface area contributed by atoms with E-state index in [2.05, 4.69) is 5.32 Å². The molecule has 1 aromatic carbocycles. The largest absolute Gasteiger partial charge is 0.480 e. The molecule has 6 nitrogen and oxygen atoms in total. The molecule has 0 aliphatic heterocycles. The van der Waals surface area contributed by atoms with Crippen LogP contribution in [0.25, 0.3) is 0 Å². The molecule has 21 heavy (non-hydrogen) atoms. The van der Waals surface area contributed by atoms with Gasteiger partial charge in [-0.3, -0.25) is 0 Å². The zero-order valence-electron chi connectivity index (χ0n) is 11.6. The minimum Gasteiger partial charge on any atom is -0.480 e. The number of hydrogen-bond donors (Lipinski definition) is 3. The number of carboxylic acid groups (broad SMARTS) is 1.